The van der Waals surface area contributed by atoms with Gasteiger partial charge in [-0.15, -0.1) is 0 Å². The highest BCUT2D eigenvalue weighted by Gasteiger charge is 2.50. The highest BCUT2D eigenvalue weighted by atomic mass is 19.1. The van der Waals surface area contributed by atoms with Gasteiger partial charge in [-0.1, -0.05) is 54.6 Å². The quantitative estimate of drug-likeness (QED) is 0.544. The van der Waals surface area contributed by atoms with Crippen LogP contribution in [0, 0.1) is 18.7 Å². The molecule has 0 bridgehead atoms. The first kappa shape index (κ1) is 22.6. The molecule has 0 aliphatic carbocycles. The molecule has 1 spiro atoms. The lowest BCUT2D eigenvalue weighted by molar-refractivity contribution is -0.133. The van der Waals surface area contributed by atoms with Crippen LogP contribution in [0.3, 0.4) is 0 Å². The molecule has 184 valence electrons. The summed E-state index contributed by atoms with van der Waals surface area (Å²) in [7, 11) is 0. The predicted molar refractivity (Wildman–Crippen MR) is 134 cm³/mol. The number of fused-ring (bicyclic) bond motifs is 1. The number of benzene rings is 3. The van der Waals surface area contributed by atoms with Crippen LogP contribution in [0.5, 0.6) is 11.5 Å². The molecule has 1 amide bonds. The van der Waals surface area contributed by atoms with Crippen LogP contribution < -0.4 is 9.47 Å². The standard InChI is InChI=1S/C29H28FN3O3/c1-20-15-22(11-12-24(20)30)18-33-27(34)23(16-21-7-3-2-4-8-21)17-31-28(33)32-14-13-29(19-32)35-25-9-5-6-10-26(25)36-29/h2-12,15,23H,13-14,16-19H2,1H3. The number of guanidine groups is 1. The van der Waals surface area contributed by atoms with Gasteiger partial charge in [0.15, 0.2) is 11.5 Å². The number of carbonyl (C=O) groups is 1. The SMILES string of the molecule is Cc1cc(CN2C(=O)C(Cc3ccccc3)CN=C2N2CCC3(C2)Oc2ccccc2O3)ccc1F. The summed E-state index contributed by atoms with van der Waals surface area (Å²) >= 11 is 0. The Labute approximate surface area is 210 Å². The number of aliphatic imine (C=N–C) groups is 1. The van der Waals surface area contributed by atoms with Crippen LogP contribution in [0.25, 0.3) is 0 Å². The van der Waals surface area contributed by atoms with Crippen molar-refractivity contribution in [2.75, 3.05) is 19.6 Å². The van der Waals surface area contributed by atoms with Crippen molar-refractivity contribution in [3.05, 3.63) is 95.3 Å². The van der Waals surface area contributed by atoms with Crippen molar-refractivity contribution in [1.82, 2.24) is 9.80 Å². The van der Waals surface area contributed by atoms with Gasteiger partial charge in [0, 0.05) is 13.0 Å². The highest BCUT2D eigenvalue weighted by molar-refractivity contribution is 6.00. The van der Waals surface area contributed by atoms with Gasteiger partial charge in [0.1, 0.15) is 5.82 Å². The Hall–Kier alpha value is -3.87. The van der Waals surface area contributed by atoms with Crippen LogP contribution in [0.2, 0.25) is 0 Å². The van der Waals surface area contributed by atoms with E-state index in [-0.39, 0.29) is 17.6 Å². The summed E-state index contributed by atoms with van der Waals surface area (Å²) in [5.41, 5.74) is 2.53. The Morgan fingerprint density at radius 1 is 1.00 bits per heavy atom. The van der Waals surface area contributed by atoms with Gasteiger partial charge >= 0.3 is 0 Å². The van der Waals surface area contributed by atoms with Gasteiger partial charge in [0.25, 0.3) is 5.79 Å². The number of hydrogen-bond acceptors (Lipinski definition) is 5. The zero-order valence-corrected chi connectivity index (χ0v) is 20.2. The number of nitrogens with zero attached hydrogens (tertiary/aromatic N) is 3. The number of hydrogen-bond donors (Lipinski definition) is 0. The minimum Gasteiger partial charge on any atom is -0.447 e. The lowest BCUT2D eigenvalue weighted by Crippen LogP contribution is -2.53. The number of likely N-dealkylation sites (tertiary alicyclic amines) is 1. The Balaban J connectivity index is 1.27. The Kier molecular flexibility index (Phi) is 5.63. The summed E-state index contributed by atoms with van der Waals surface area (Å²) in [4.78, 5) is 22.6. The van der Waals surface area contributed by atoms with Crippen LogP contribution in [0.4, 0.5) is 4.39 Å². The van der Waals surface area contributed by atoms with Crippen LogP contribution >= 0.6 is 0 Å². The van der Waals surface area contributed by atoms with E-state index in [1.807, 2.05) is 54.6 Å². The molecule has 7 heteroatoms. The van der Waals surface area contributed by atoms with Crippen LogP contribution in [-0.4, -0.2) is 47.1 Å². The molecule has 1 atom stereocenters. The van der Waals surface area contributed by atoms with E-state index in [2.05, 4.69) is 4.90 Å². The molecule has 0 saturated carbocycles. The maximum absolute atomic E-state index is 13.9. The summed E-state index contributed by atoms with van der Waals surface area (Å²) in [6, 6.07) is 22.7. The molecule has 36 heavy (non-hydrogen) atoms. The van der Waals surface area contributed by atoms with E-state index in [0.29, 0.717) is 50.5 Å². The first-order valence-corrected chi connectivity index (χ1v) is 12.4. The number of carbonyl (C=O) groups excluding carboxylic acids is 1. The molecule has 3 aromatic rings. The first-order valence-electron chi connectivity index (χ1n) is 12.4. The zero-order chi connectivity index (χ0) is 24.7. The fraction of sp³-hybridized carbons (Fsp3) is 0.310. The predicted octanol–water partition coefficient (Wildman–Crippen LogP) is 4.56. The molecule has 1 unspecified atom stereocenters. The second kappa shape index (κ2) is 8.97. The third kappa shape index (κ3) is 4.19. The summed E-state index contributed by atoms with van der Waals surface area (Å²) in [5.74, 6) is 0.849. The topological polar surface area (TPSA) is 54.4 Å². The minimum absolute atomic E-state index is 0.0309. The highest BCUT2D eigenvalue weighted by Crippen LogP contribution is 2.43. The average Bonchev–Trinajstić information content (AvgIpc) is 3.47. The summed E-state index contributed by atoms with van der Waals surface area (Å²) < 4.78 is 26.4. The second-order valence-corrected chi connectivity index (χ2v) is 9.77. The van der Waals surface area contributed by atoms with Crippen LogP contribution in [-0.2, 0) is 17.8 Å². The van der Waals surface area contributed by atoms with Crippen molar-refractivity contribution in [3.8, 4) is 11.5 Å². The molecule has 0 radical (unpaired) electrons. The van der Waals surface area contributed by atoms with Gasteiger partial charge in [-0.05, 0) is 48.2 Å². The molecule has 3 aromatic carbocycles. The van der Waals surface area contributed by atoms with Gasteiger partial charge < -0.3 is 14.4 Å². The molecular weight excluding hydrogens is 457 g/mol. The number of ether oxygens (including phenoxy) is 2. The van der Waals surface area contributed by atoms with E-state index in [1.165, 1.54) is 6.07 Å². The number of rotatable bonds is 4. The molecule has 6 nitrogen and oxygen atoms in total. The van der Waals surface area contributed by atoms with Crippen molar-refractivity contribution < 1.29 is 18.7 Å². The molecular formula is C29H28FN3O3. The number of halogens is 1. The van der Waals surface area contributed by atoms with Crippen LogP contribution in [0.15, 0.2) is 77.8 Å². The lowest BCUT2D eigenvalue weighted by atomic mass is 9.96. The van der Waals surface area contributed by atoms with Gasteiger partial charge in [0.05, 0.1) is 25.6 Å². The summed E-state index contributed by atoms with van der Waals surface area (Å²) in [6.07, 6.45) is 1.28. The summed E-state index contributed by atoms with van der Waals surface area (Å²) in [6.45, 7) is 3.61. The largest absolute Gasteiger partial charge is 0.447 e. The number of para-hydroxylation sites is 2. The van der Waals surface area contributed by atoms with E-state index in [0.717, 1.165) is 22.6 Å². The van der Waals surface area contributed by atoms with Gasteiger partial charge in [0.2, 0.25) is 11.9 Å². The molecule has 0 aromatic heterocycles. The van der Waals surface area contributed by atoms with Gasteiger partial charge in [-0.25, -0.2) is 4.39 Å². The molecule has 3 aliphatic rings. The number of aryl methyl sites for hydroxylation is 1. The lowest BCUT2D eigenvalue weighted by Gasteiger charge is -2.36. The smallest absolute Gasteiger partial charge is 0.270 e. The van der Waals surface area contributed by atoms with E-state index in [9.17, 15) is 9.18 Å². The van der Waals surface area contributed by atoms with Crippen molar-refractivity contribution >= 4 is 11.9 Å². The van der Waals surface area contributed by atoms with Crippen molar-refractivity contribution in [1.29, 1.82) is 0 Å². The van der Waals surface area contributed by atoms with E-state index in [4.69, 9.17) is 14.5 Å². The second-order valence-electron chi connectivity index (χ2n) is 9.77. The monoisotopic (exact) mass is 485 g/mol. The van der Waals surface area contributed by atoms with Crippen molar-refractivity contribution in [2.45, 2.75) is 32.1 Å². The maximum Gasteiger partial charge on any atom is 0.270 e. The average molecular weight is 486 g/mol. The van der Waals surface area contributed by atoms with Crippen molar-refractivity contribution in [2.24, 2.45) is 10.9 Å². The van der Waals surface area contributed by atoms with Crippen molar-refractivity contribution in [3.63, 3.8) is 0 Å². The molecule has 3 aliphatic heterocycles. The van der Waals surface area contributed by atoms with E-state index in [1.54, 1.807) is 24.0 Å². The molecule has 1 saturated heterocycles. The third-order valence-corrected chi connectivity index (χ3v) is 7.12. The molecule has 1 fully saturated rings. The fourth-order valence-corrected chi connectivity index (χ4v) is 5.26. The maximum atomic E-state index is 13.9. The first-order chi connectivity index (χ1) is 17.5. The minimum atomic E-state index is -0.783. The molecule has 3 heterocycles. The Bertz CT molecular complexity index is 1300. The Morgan fingerprint density at radius 2 is 1.72 bits per heavy atom. The normalized spacial score (nSPS) is 20.2. The third-order valence-electron chi connectivity index (χ3n) is 7.12. The Morgan fingerprint density at radius 3 is 2.44 bits per heavy atom. The zero-order valence-electron chi connectivity index (χ0n) is 20.2. The summed E-state index contributed by atoms with van der Waals surface area (Å²) in [5, 5.41) is 0. The molecule has 6 rings (SSSR count). The molecule has 0 N–H and O–H groups in total. The fourth-order valence-electron chi connectivity index (χ4n) is 5.26. The van der Waals surface area contributed by atoms with Gasteiger partial charge in [-0.3, -0.25) is 14.7 Å². The van der Waals surface area contributed by atoms with E-state index >= 15 is 0 Å². The van der Waals surface area contributed by atoms with Gasteiger partial charge in [-0.2, -0.15) is 0 Å². The van der Waals surface area contributed by atoms with Crippen LogP contribution in [0.1, 0.15) is 23.1 Å². The number of amides is 1. The van der Waals surface area contributed by atoms with E-state index < -0.39 is 5.79 Å².